The van der Waals surface area contributed by atoms with Crippen molar-refractivity contribution in [3.05, 3.63) is 143 Å². The number of hydrazone groups is 1. The van der Waals surface area contributed by atoms with Crippen LogP contribution in [0.3, 0.4) is 0 Å². The second-order valence-corrected chi connectivity index (χ2v) is 20.6. The zero-order valence-electron chi connectivity index (χ0n) is 40.4. The number of phenolic OH excluding ortho intramolecular Hbond substituents is 2. The van der Waals surface area contributed by atoms with E-state index in [9.17, 15) is 34.5 Å². The van der Waals surface area contributed by atoms with Crippen molar-refractivity contribution in [3.8, 4) is 49.3 Å². The van der Waals surface area contributed by atoms with Crippen molar-refractivity contribution in [1.82, 2.24) is 25.9 Å². The van der Waals surface area contributed by atoms with E-state index in [2.05, 4.69) is 26.1 Å². The van der Waals surface area contributed by atoms with Crippen LogP contribution in [0.25, 0.3) is 42.1 Å². The maximum atomic E-state index is 14.1. The summed E-state index contributed by atoms with van der Waals surface area (Å²) in [5.41, 5.74) is 10.2. The van der Waals surface area contributed by atoms with E-state index in [1.54, 1.807) is 78.1 Å². The quantitative estimate of drug-likeness (QED) is 0.0291. The second-order valence-electron chi connectivity index (χ2n) is 18.7. The monoisotopic (exact) mass is 1010 g/mol. The van der Waals surface area contributed by atoms with Gasteiger partial charge in [0.2, 0.25) is 17.7 Å². The van der Waals surface area contributed by atoms with E-state index in [1.165, 1.54) is 22.5 Å². The normalized spacial score (nSPS) is 15.6. The number of hydrogen-bond acceptors (Lipinski definition) is 13. The molecule has 6 N–H and O–H groups in total. The number of aromatic nitrogens is 1. The molecule has 1 aliphatic rings. The van der Waals surface area contributed by atoms with Gasteiger partial charge < -0.3 is 40.3 Å². The molecular weight excluding hydrogens is 953 g/mol. The standard InChI is InChI=1S/C55H56N6O9S2/c1-32(35-11-13-36(14-12-35)49-33(2)56-31-71-49)58-53(67)45-26-42(64)29-61(45)54(68)51(55(3,4)5)59-47(65)30-69-23-24-70-43-20-9-34(10-21-43)28-57-60-52(66)39-8-6-7-38(25-39)48-44-22-19-41(63)27-46(44)72-50(48)37-15-17-40(62)18-16-37/h6-22,25,27-28,31-32,42,45,51,62-64H,23-24,26,29-30H2,1-5H3,(H,58,67)(H,59,65)(H,60,66)/b57-28+/t32-,42+,45-,51+/m0/s1. The number of benzene rings is 5. The number of phenols is 2. The van der Waals surface area contributed by atoms with Gasteiger partial charge in [-0.3, -0.25) is 19.2 Å². The first kappa shape index (κ1) is 50.9. The van der Waals surface area contributed by atoms with Gasteiger partial charge in [0.1, 0.15) is 42.5 Å². The van der Waals surface area contributed by atoms with E-state index in [0.717, 1.165) is 53.4 Å². The van der Waals surface area contributed by atoms with Gasteiger partial charge in [-0.05, 0) is 126 Å². The van der Waals surface area contributed by atoms with Crippen LogP contribution in [0.1, 0.15) is 67.3 Å². The van der Waals surface area contributed by atoms with E-state index in [0.29, 0.717) is 16.9 Å². The summed E-state index contributed by atoms with van der Waals surface area (Å²) in [6.07, 6.45) is 0.682. The molecule has 17 heteroatoms. The average Bonchev–Trinajstić information content (AvgIpc) is 4.09. The van der Waals surface area contributed by atoms with Crippen LogP contribution in [0, 0.1) is 12.3 Å². The number of thiophene rings is 1. The number of nitrogens with zero attached hydrogens (tertiary/aromatic N) is 3. The van der Waals surface area contributed by atoms with E-state index in [-0.39, 0.29) is 50.3 Å². The van der Waals surface area contributed by atoms with Crippen LogP contribution in [0.5, 0.6) is 17.2 Å². The van der Waals surface area contributed by atoms with Gasteiger partial charge in [-0.25, -0.2) is 10.4 Å². The molecule has 372 valence electrons. The lowest BCUT2D eigenvalue weighted by Gasteiger charge is -2.35. The topological polar surface area (TPSA) is 212 Å². The number of hydrogen-bond donors (Lipinski definition) is 6. The number of aliphatic hydroxyl groups excluding tert-OH is 1. The fourth-order valence-electron chi connectivity index (χ4n) is 8.49. The molecule has 4 atom stereocenters. The number of aromatic hydroxyl groups is 2. The summed E-state index contributed by atoms with van der Waals surface area (Å²) in [6, 6.07) is 32.0. The number of β-amino-alcohol motifs (C(OH)–C–C–N with tert-alkyl or cyclic N) is 1. The Balaban J connectivity index is 0.790. The van der Waals surface area contributed by atoms with Gasteiger partial charge in [0.05, 0.1) is 41.0 Å². The Bertz CT molecular complexity index is 3090. The third kappa shape index (κ3) is 12.2. The highest BCUT2D eigenvalue weighted by atomic mass is 32.1. The number of fused-ring (bicyclic) bond motifs is 1. The molecule has 0 radical (unpaired) electrons. The van der Waals surface area contributed by atoms with Gasteiger partial charge in [-0.1, -0.05) is 57.2 Å². The summed E-state index contributed by atoms with van der Waals surface area (Å²) >= 11 is 3.08. The number of likely N-dealkylation sites (tertiary alicyclic amines) is 1. The highest BCUT2D eigenvalue weighted by molar-refractivity contribution is 7.23. The van der Waals surface area contributed by atoms with Crippen molar-refractivity contribution in [2.45, 2.75) is 65.3 Å². The average molecular weight is 1010 g/mol. The molecule has 0 saturated carbocycles. The largest absolute Gasteiger partial charge is 0.508 e. The molecule has 15 nitrogen and oxygen atoms in total. The van der Waals surface area contributed by atoms with E-state index >= 15 is 0 Å². The molecule has 2 aromatic heterocycles. The molecule has 1 fully saturated rings. The minimum atomic E-state index is -1.01. The molecule has 4 amide bonds. The zero-order valence-corrected chi connectivity index (χ0v) is 42.1. The number of thiazole rings is 1. The van der Waals surface area contributed by atoms with Crippen LogP contribution in [0.2, 0.25) is 0 Å². The first-order valence-electron chi connectivity index (χ1n) is 23.4. The maximum absolute atomic E-state index is 14.1. The maximum Gasteiger partial charge on any atom is 0.271 e. The third-order valence-electron chi connectivity index (χ3n) is 12.3. The molecule has 0 bridgehead atoms. The van der Waals surface area contributed by atoms with Gasteiger partial charge >= 0.3 is 0 Å². The van der Waals surface area contributed by atoms with Gasteiger partial charge in [-0.15, -0.1) is 22.7 Å². The minimum absolute atomic E-state index is 0.0426. The Kier molecular flexibility index (Phi) is 15.8. The molecular formula is C55H56N6O9S2. The first-order chi connectivity index (χ1) is 34.5. The van der Waals surface area contributed by atoms with Gasteiger partial charge in [0, 0.05) is 39.1 Å². The number of rotatable bonds is 17. The lowest BCUT2D eigenvalue weighted by Crippen LogP contribution is -2.58. The molecule has 1 aliphatic heterocycles. The van der Waals surface area contributed by atoms with Gasteiger partial charge in [0.25, 0.3) is 5.91 Å². The number of aryl methyl sites for hydroxylation is 1. The number of ether oxygens (including phenoxy) is 2. The third-order valence-corrected chi connectivity index (χ3v) is 14.4. The fraction of sp³-hybridized carbons (Fsp3) is 0.273. The molecule has 3 heterocycles. The number of nitrogens with one attached hydrogen (secondary N) is 3. The predicted octanol–water partition coefficient (Wildman–Crippen LogP) is 8.61. The van der Waals surface area contributed by atoms with Crippen molar-refractivity contribution in [2.24, 2.45) is 10.5 Å². The zero-order chi connectivity index (χ0) is 51.1. The van der Waals surface area contributed by atoms with Crippen LogP contribution in [-0.4, -0.2) is 99.6 Å². The number of amides is 4. The lowest BCUT2D eigenvalue weighted by atomic mass is 9.85. The predicted molar refractivity (Wildman–Crippen MR) is 280 cm³/mol. The van der Waals surface area contributed by atoms with E-state index in [4.69, 9.17) is 9.47 Å². The molecule has 1 saturated heterocycles. The Morgan fingerprint density at radius 2 is 1.57 bits per heavy atom. The molecule has 0 spiro atoms. The Morgan fingerprint density at radius 1 is 0.861 bits per heavy atom. The first-order valence-corrected chi connectivity index (χ1v) is 25.1. The molecule has 8 rings (SSSR count). The number of aliphatic hydroxyl groups is 1. The molecule has 0 unspecified atom stereocenters. The smallest absolute Gasteiger partial charge is 0.271 e. The lowest BCUT2D eigenvalue weighted by molar-refractivity contribution is -0.144. The molecule has 7 aromatic rings. The summed E-state index contributed by atoms with van der Waals surface area (Å²) in [5, 5.41) is 41.6. The van der Waals surface area contributed by atoms with Crippen molar-refractivity contribution in [1.29, 1.82) is 0 Å². The summed E-state index contributed by atoms with van der Waals surface area (Å²) in [7, 11) is 0. The summed E-state index contributed by atoms with van der Waals surface area (Å²) in [4.78, 5) is 61.9. The second kappa shape index (κ2) is 22.3. The van der Waals surface area contributed by atoms with Crippen molar-refractivity contribution >= 4 is 62.6 Å². The summed E-state index contributed by atoms with van der Waals surface area (Å²) in [6.45, 7) is 9.11. The summed E-state index contributed by atoms with van der Waals surface area (Å²) < 4.78 is 12.3. The van der Waals surface area contributed by atoms with Gasteiger partial charge in [0.15, 0.2) is 0 Å². The number of carbonyl (C=O) groups is 4. The van der Waals surface area contributed by atoms with Gasteiger partial charge in [-0.2, -0.15) is 5.10 Å². The summed E-state index contributed by atoms with van der Waals surface area (Å²) in [5.74, 6) is -0.931. The minimum Gasteiger partial charge on any atom is -0.508 e. The van der Waals surface area contributed by atoms with Crippen molar-refractivity contribution in [2.75, 3.05) is 26.4 Å². The van der Waals surface area contributed by atoms with Crippen LogP contribution in [0.15, 0.2) is 126 Å². The highest BCUT2D eigenvalue weighted by Gasteiger charge is 2.44. The molecule has 72 heavy (non-hydrogen) atoms. The van der Waals surface area contributed by atoms with Crippen LogP contribution < -0.4 is 20.8 Å². The van der Waals surface area contributed by atoms with Crippen LogP contribution in [-0.2, 0) is 19.1 Å². The van der Waals surface area contributed by atoms with Crippen LogP contribution in [0.4, 0.5) is 0 Å². The Hall–Kier alpha value is -7.44. The van der Waals surface area contributed by atoms with Crippen LogP contribution >= 0.6 is 22.7 Å². The van der Waals surface area contributed by atoms with Crippen molar-refractivity contribution in [3.63, 3.8) is 0 Å². The van der Waals surface area contributed by atoms with E-state index in [1.807, 2.05) is 88.7 Å². The SMILES string of the molecule is Cc1ncsc1-c1ccc([C@H](C)NC(=O)[C@@H]2C[C@@H](O)CN2C(=O)[C@@H](NC(=O)COCCOc2ccc(/C=N/NC(=O)c3cccc(-c4c(-c5ccc(O)cc5)sc5cc(O)ccc45)c3)cc2)C(C)(C)C)cc1. The Morgan fingerprint density at radius 3 is 2.28 bits per heavy atom. The van der Waals surface area contributed by atoms with Crippen molar-refractivity contribution < 1.29 is 44.0 Å². The highest BCUT2D eigenvalue weighted by Crippen LogP contribution is 2.46. The Labute approximate surface area is 425 Å². The number of carbonyl (C=O) groups excluding carboxylic acids is 4. The van der Waals surface area contributed by atoms with E-state index < -0.39 is 47.2 Å². The molecule has 5 aromatic carbocycles. The molecule has 0 aliphatic carbocycles. The fourth-order valence-corrected chi connectivity index (χ4v) is 10.6.